The summed E-state index contributed by atoms with van der Waals surface area (Å²) in [6.45, 7) is 2.44. The highest BCUT2D eigenvalue weighted by Crippen LogP contribution is 2.26. The Kier molecular flexibility index (Phi) is 3.62. The maximum absolute atomic E-state index is 11.0. The normalized spacial score (nSPS) is 10.3. The number of carbonyl (C=O) groups is 1. The number of hydrogen-bond donors (Lipinski definition) is 1. The lowest BCUT2D eigenvalue weighted by Gasteiger charge is -2.15. The fourth-order valence-electron chi connectivity index (χ4n) is 1.67. The summed E-state index contributed by atoms with van der Waals surface area (Å²) in [5, 5.41) is 9.73. The molecule has 2 rings (SSSR count). The smallest absolute Gasteiger partial charge is 0.347 e. The number of carboxylic acids is 1. The molecule has 0 aliphatic carbocycles. The van der Waals surface area contributed by atoms with E-state index in [9.17, 15) is 4.79 Å². The summed E-state index contributed by atoms with van der Waals surface area (Å²) in [4.78, 5) is 17.5. The van der Waals surface area contributed by atoms with Crippen LogP contribution in [0.3, 0.4) is 0 Å². The van der Waals surface area contributed by atoms with E-state index < -0.39 is 5.97 Å². The lowest BCUT2D eigenvalue weighted by Crippen LogP contribution is -2.15. The zero-order chi connectivity index (χ0) is 13.1. The minimum Gasteiger partial charge on any atom is -0.477 e. The summed E-state index contributed by atoms with van der Waals surface area (Å²) < 4.78 is 0. The first-order valence-corrected chi connectivity index (χ1v) is 6.35. The van der Waals surface area contributed by atoms with Crippen molar-refractivity contribution in [3.63, 3.8) is 0 Å². The second-order valence-electron chi connectivity index (χ2n) is 4.06. The second-order valence-corrected chi connectivity index (χ2v) is 5.04. The zero-order valence-electron chi connectivity index (χ0n) is 10.3. The Morgan fingerprint density at radius 3 is 2.61 bits per heavy atom. The van der Waals surface area contributed by atoms with Gasteiger partial charge in [0.15, 0.2) is 5.13 Å². The molecule has 0 aliphatic heterocycles. The number of aryl methyl sites for hydroxylation is 1. The first-order valence-electron chi connectivity index (χ1n) is 5.53. The fraction of sp³-hybridized carbons (Fsp3) is 0.231. The highest BCUT2D eigenvalue weighted by Gasteiger charge is 2.16. The van der Waals surface area contributed by atoms with Crippen molar-refractivity contribution in [3.05, 3.63) is 46.5 Å². The van der Waals surface area contributed by atoms with Gasteiger partial charge in [-0.1, -0.05) is 41.7 Å². The molecule has 0 radical (unpaired) electrons. The van der Waals surface area contributed by atoms with E-state index in [1.807, 2.05) is 42.3 Å². The van der Waals surface area contributed by atoms with Crippen molar-refractivity contribution in [2.24, 2.45) is 0 Å². The van der Waals surface area contributed by atoms with Gasteiger partial charge in [-0.05, 0) is 12.5 Å². The number of anilines is 1. The Morgan fingerprint density at radius 2 is 2.06 bits per heavy atom. The number of carboxylic acid groups (broad SMARTS) is 1. The Hall–Kier alpha value is -1.88. The molecule has 0 unspecified atom stereocenters. The fourth-order valence-corrected chi connectivity index (χ4v) is 2.53. The van der Waals surface area contributed by atoms with Crippen LogP contribution in [0.2, 0.25) is 0 Å². The van der Waals surface area contributed by atoms with Gasteiger partial charge in [0.2, 0.25) is 0 Å². The van der Waals surface area contributed by atoms with Crippen LogP contribution in [0.4, 0.5) is 5.13 Å². The first-order chi connectivity index (χ1) is 8.58. The van der Waals surface area contributed by atoms with Gasteiger partial charge in [-0.3, -0.25) is 0 Å². The van der Waals surface area contributed by atoms with E-state index in [0.29, 0.717) is 17.1 Å². The largest absolute Gasteiger partial charge is 0.477 e. The summed E-state index contributed by atoms with van der Waals surface area (Å²) in [6.07, 6.45) is 0. The molecule has 1 heterocycles. The third-order valence-electron chi connectivity index (χ3n) is 2.57. The molecule has 94 valence electrons. The summed E-state index contributed by atoms with van der Waals surface area (Å²) in [7, 11) is 1.91. The summed E-state index contributed by atoms with van der Waals surface area (Å²) in [6, 6.07) is 10.0. The molecule has 1 aromatic carbocycles. The number of nitrogens with zero attached hydrogens (tertiary/aromatic N) is 2. The van der Waals surface area contributed by atoms with Crippen molar-refractivity contribution in [1.82, 2.24) is 4.98 Å². The average molecular weight is 262 g/mol. The van der Waals surface area contributed by atoms with Crippen molar-refractivity contribution >= 4 is 22.4 Å². The maximum atomic E-state index is 11.0. The predicted octanol–water partition coefficient (Wildman–Crippen LogP) is 2.79. The van der Waals surface area contributed by atoms with Gasteiger partial charge in [0, 0.05) is 13.6 Å². The van der Waals surface area contributed by atoms with Crippen LogP contribution in [0.5, 0.6) is 0 Å². The number of aromatic nitrogens is 1. The van der Waals surface area contributed by atoms with Crippen LogP contribution in [0.1, 0.15) is 20.9 Å². The topological polar surface area (TPSA) is 53.4 Å². The van der Waals surface area contributed by atoms with Crippen LogP contribution in [0.15, 0.2) is 30.3 Å². The van der Waals surface area contributed by atoms with Crippen LogP contribution in [-0.2, 0) is 6.54 Å². The Bertz CT molecular complexity index is 551. The van der Waals surface area contributed by atoms with Crippen LogP contribution in [0.25, 0.3) is 0 Å². The third-order valence-corrected chi connectivity index (χ3v) is 3.83. The molecule has 0 aliphatic rings. The van der Waals surface area contributed by atoms with Gasteiger partial charge in [-0.2, -0.15) is 0 Å². The van der Waals surface area contributed by atoms with Gasteiger partial charge in [-0.25, -0.2) is 9.78 Å². The van der Waals surface area contributed by atoms with Crippen LogP contribution < -0.4 is 4.90 Å². The van der Waals surface area contributed by atoms with Gasteiger partial charge in [0.25, 0.3) is 0 Å². The van der Waals surface area contributed by atoms with Gasteiger partial charge >= 0.3 is 5.97 Å². The standard InChI is InChI=1S/C13H14N2O2S/c1-9-11(12(16)17)18-13(14-9)15(2)8-10-6-4-3-5-7-10/h3-7H,8H2,1-2H3,(H,16,17). The molecule has 0 spiro atoms. The molecule has 1 aromatic heterocycles. The molecular weight excluding hydrogens is 248 g/mol. The van der Waals surface area contributed by atoms with Gasteiger partial charge in [0.05, 0.1) is 5.69 Å². The quantitative estimate of drug-likeness (QED) is 0.920. The monoisotopic (exact) mass is 262 g/mol. The Labute approximate surface area is 110 Å². The van der Waals surface area contributed by atoms with Crippen LogP contribution in [-0.4, -0.2) is 23.1 Å². The van der Waals surface area contributed by atoms with E-state index in [-0.39, 0.29) is 0 Å². The van der Waals surface area contributed by atoms with E-state index in [2.05, 4.69) is 4.98 Å². The molecule has 0 atom stereocenters. The van der Waals surface area contributed by atoms with E-state index in [1.54, 1.807) is 6.92 Å². The molecule has 5 heteroatoms. The first kappa shape index (κ1) is 12.6. The highest BCUT2D eigenvalue weighted by molar-refractivity contribution is 7.17. The number of hydrogen-bond acceptors (Lipinski definition) is 4. The molecular formula is C13H14N2O2S. The van der Waals surface area contributed by atoms with E-state index in [1.165, 1.54) is 16.9 Å². The van der Waals surface area contributed by atoms with Gasteiger partial charge in [-0.15, -0.1) is 0 Å². The number of aromatic carboxylic acids is 1. The highest BCUT2D eigenvalue weighted by atomic mass is 32.1. The summed E-state index contributed by atoms with van der Waals surface area (Å²) >= 11 is 1.21. The van der Waals surface area contributed by atoms with Crippen molar-refractivity contribution in [2.45, 2.75) is 13.5 Å². The van der Waals surface area contributed by atoms with E-state index in [4.69, 9.17) is 5.11 Å². The maximum Gasteiger partial charge on any atom is 0.347 e. The number of benzene rings is 1. The molecule has 0 amide bonds. The van der Waals surface area contributed by atoms with Crippen LogP contribution in [0, 0.1) is 6.92 Å². The minimum atomic E-state index is -0.913. The van der Waals surface area contributed by atoms with Gasteiger partial charge < -0.3 is 10.0 Å². The van der Waals surface area contributed by atoms with Gasteiger partial charge in [0.1, 0.15) is 4.88 Å². The third kappa shape index (κ3) is 2.68. The molecule has 0 bridgehead atoms. The SMILES string of the molecule is Cc1nc(N(C)Cc2ccccc2)sc1C(=O)O. The summed E-state index contributed by atoms with van der Waals surface area (Å²) in [5.74, 6) is -0.913. The Balaban J connectivity index is 2.17. The lowest BCUT2D eigenvalue weighted by atomic mass is 10.2. The van der Waals surface area contributed by atoms with E-state index in [0.717, 1.165) is 5.13 Å². The van der Waals surface area contributed by atoms with Crippen molar-refractivity contribution in [1.29, 1.82) is 0 Å². The van der Waals surface area contributed by atoms with Crippen molar-refractivity contribution in [3.8, 4) is 0 Å². The summed E-state index contributed by atoms with van der Waals surface area (Å²) in [5.41, 5.74) is 1.74. The predicted molar refractivity (Wildman–Crippen MR) is 72.4 cm³/mol. The van der Waals surface area contributed by atoms with Crippen LogP contribution >= 0.6 is 11.3 Å². The zero-order valence-corrected chi connectivity index (χ0v) is 11.1. The van der Waals surface area contributed by atoms with Crippen molar-refractivity contribution in [2.75, 3.05) is 11.9 Å². The molecule has 0 fully saturated rings. The average Bonchev–Trinajstić information content (AvgIpc) is 2.73. The number of rotatable bonds is 4. The molecule has 0 saturated carbocycles. The Morgan fingerprint density at radius 1 is 1.39 bits per heavy atom. The van der Waals surface area contributed by atoms with Crippen molar-refractivity contribution < 1.29 is 9.90 Å². The number of thiazole rings is 1. The molecule has 1 N–H and O–H groups in total. The minimum absolute atomic E-state index is 0.310. The second kappa shape index (κ2) is 5.18. The van der Waals surface area contributed by atoms with E-state index >= 15 is 0 Å². The molecule has 0 saturated heterocycles. The molecule has 2 aromatic rings. The molecule has 4 nitrogen and oxygen atoms in total. The lowest BCUT2D eigenvalue weighted by molar-refractivity contribution is 0.0701. The molecule has 18 heavy (non-hydrogen) atoms.